The van der Waals surface area contributed by atoms with Gasteiger partial charge in [0.2, 0.25) is 0 Å². The van der Waals surface area contributed by atoms with Crippen molar-refractivity contribution in [1.29, 1.82) is 0 Å². The van der Waals surface area contributed by atoms with E-state index in [4.69, 9.17) is 9.97 Å². The third kappa shape index (κ3) is 8.97. The number of imidazole rings is 2. The third-order valence-electron chi connectivity index (χ3n) is 14.0. The highest BCUT2D eigenvalue weighted by atomic mass is 79.9. The Kier molecular flexibility index (Phi) is 12.4. The fourth-order valence-electron chi connectivity index (χ4n) is 10.4. The molecule has 75 heavy (non-hydrogen) atoms. The van der Waals surface area contributed by atoms with Crippen molar-refractivity contribution >= 4 is 102 Å². The third-order valence-corrected chi connectivity index (χ3v) is 15.6. The number of benzene rings is 12. The number of nitrogens with zero attached hydrogens (tertiary/aromatic N) is 4. The van der Waals surface area contributed by atoms with Crippen molar-refractivity contribution in [2.45, 2.75) is 0 Å². The van der Waals surface area contributed by atoms with E-state index in [0.717, 1.165) is 75.2 Å². The maximum absolute atomic E-state index is 5.36. The highest BCUT2D eigenvalue weighted by molar-refractivity contribution is 9.11. The highest BCUT2D eigenvalue weighted by Gasteiger charge is 2.18. The number of hydrogen-bond donors (Lipinski definition) is 0. The second kappa shape index (κ2) is 19.9. The molecule has 0 spiro atoms. The summed E-state index contributed by atoms with van der Waals surface area (Å²) in [6.45, 7) is 0. The molecule has 7 heteroatoms. The molecule has 0 aliphatic heterocycles. The van der Waals surface area contributed by atoms with Crippen LogP contribution in [0.15, 0.2) is 274 Å². The Balaban J connectivity index is 0.000000188. The standard InChI is InChI=1S/C49H32N2.C19H11Br3N2/c1-4-16-41-33(10-1)13-7-19-44(41)36-22-24-38(25-23-36)49-50-47-32-39(46-21-9-15-35-12-3-6-18-43(35)46)28-31-48(47)51(49)40-29-26-37(27-30-40)45-20-8-14-34-11-2-5-17-42(34)45;20-13-3-1-12(2-4-13)19-23-17-11-15(22)7-10-18(17)24(19)16-8-5-14(21)6-9-16/h1-32H;1-11H. The van der Waals surface area contributed by atoms with Crippen LogP contribution in [0.4, 0.5) is 0 Å². The van der Waals surface area contributed by atoms with Gasteiger partial charge in [-0.05, 0) is 145 Å². The zero-order valence-corrected chi connectivity index (χ0v) is 45.0. The predicted molar refractivity (Wildman–Crippen MR) is 325 cm³/mol. The molecule has 0 amide bonds. The lowest BCUT2D eigenvalue weighted by atomic mass is 9.97. The Morgan fingerprint density at radius 2 is 0.600 bits per heavy atom. The zero-order valence-electron chi connectivity index (χ0n) is 40.2. The highest BCUT2D eigenvalue weighted by Crippen LogP contribution is 2.38. The van der Waals surface area contributed by atoms with Gasteiger partial charge in [0, 0.05) is 35.9 Å². The molecule has 0 unspecified atom stereocenters. The van der Waals surface area contributed by atoms with Crippen LogP contribution in [-0.4, -0.2) is 19.1 Å². The van der Waals surface area contributed by atoms with E-state index in [9.17, 15) is 0 Å². The minimum atomic E-state index is 0.919. The zero-order chi connectivity index (χ0) is 50.4. The molecule has 0 bridgehead atoms. The normalized spacial score (nSPS) is 11.4. The molecule has 14 aromatic rings. The minimum Gasteiger partial charge on any atom is -0.292 e. The molecule has 0 N–H and O–H groups in total. The quantitative estimate of drug-likeness (QED) is 0.159. The lowest BCUT2D eigenvalue weighted by Gasteiger charge is -2.13. The molecular formula is C68H43Br3N4. The molecule has 0 saturated carbocycles. The molecule has 14 rings (SSSR count). The van der Waals surface area contributed by atoms with E-state index in [1.807, 2.05) is 36.4 Å². The second-order valence-electron chi connectivity index (χ2n) is 18.6. The van der Waals surface area contributed by atoms with Gasteiger partial charge in [-0.25, -0.2) is 9.97 Å². The summed E-state index contributed by atoms with van der Waals surface area (Å²) in [5, 5.41) is 7.48. The van der Waals surface area contributed by atoms with E-state index in [2.05, 4.69) is 281 Å². The minimum absolute atomic E-state index is 0.919. The first kappa shape index (κ1) is 46.6. The summed E-state index contributed by atoms with van der Waals surface area (Å²) in [4.78, 5) is 10.2. The van der Waals surface area contributed by atoms with Crippen LogP contribution >= 0.6 is 47.8 Å². The van der Waals surface area contributed by atoms with Gasteiger partial charge in [-0.3, -0.25) is 9.13 Å². The van der Waals surface area contributed by atoms with Crippen LogP contribution in [0.3, 0.4) is 0 Å². The van der Waals surface area contributed by atoms with Gasteiger partial charge in [0.05, 0.1) is 22.1 Å². The number of halogens is 3. The number of fused-ring (bicyclic) bond motifs is 5. The van der Waals surface area contributed by atoms with Gasteiger partial charge < -0.3 is 0 Å². The summed E-state index contributed by atoms with van der Waals surface area (Å²) in [6, 6.07) is 92.6. The maximum Gasteiger partial charge on any atom is 0.145 e. The Bertz CT molecular complexity index is 4410. The Morgan fingerprint density at radius 1 is 0.267 bits per heavy atom. The van der Waals surface area contributed by atoms with Crippen molar-refractivity contribution < 1.29 is 0 Å². The van der Waals surface area contributed by atoms with Crippen molar-refractivity contribution in [3.05, 3.63) is 274 Å². The van der Waals surface area contributed by atoms with Crippen LogP contribution in [0.1, 0.15) is 0 Å². The van der Waals surface area contributed by atoms with Crippen LogP contribution in [0.5, 0.6) is 0 Å². The van der Waals surface area contributed by atoms with E-state index in [1.54, 1.807) is 0 Å². The van der Waals surface area contributed by atoms with Gasteiger partial charge in [0.1, 0.15) is 11.6 Å². The van der Waals surface area contributed by atoms with Crippen LogP contribution in [0, 0.1) is 0 Å². The summed E-state index contributed by atoms with van der Waals surface area (Å²) in [5.41, 5.74) is 15.6. The van der Waals surface area contributed by atoms with Gasteiger partial charge in [-0.15, -0.1) is 0 Å². The van der Waals surface area contributed by atoms with Crippen LogP contribution in [0.2, 0.25) is 0 Å². The van der Waals surface area contributed by atoms with E-state index >= 15 is 0 Å². The maximum atomic E-state index is 5.36. The molecule has 0 aliphatic rings. The summed E-state index contributed by atoms with van der Waals surface area (Å²) in [7, 11) is 0. The number of rotatable bonds is 7. The van der Waals surface area contributed by atoms with Crippen LogP contribution in [0.25, 0.3) is 122 Å². The Hall–Kier alpha value is -8.20. The molecule has 2 aromatic heterocycles. The fraction of sp³-hybridized carbons (Fsp3) is 0. The number of aromatic nitrogens is 4. The van der Waals surface area contributed by atoms with E-state index in [1.165, 1.54) is 60.1 Å². The molecule has 0 saturated heterocycles. The van der Waals surface area contributed by atoms with Gasteiger partial charge in [-0.1, -0.05) is 230 Å². The topological polar surface area (TPSA) is 35.6 Å². The molecule has 2 heterocycles. The summed E-state index contributed by atoms with van der Waals surface area (Å²) in [5.74, 6) is 1.85. The van der Waals surface area contributed by atoms with Gasteiger partial charge in [-0.2, -0.15) is 0 Å². The first-order valence-corrected chi connectivity index (χ1v) is 27.2. The Labute approximate surface area is 459 Å². The molecule has 356 valence electrons. The molecular weight excluding hydrogens is 1110 g/mol. The molecule has 12 aromatic carbocycles. The molecule has 0 fully saturated rings. The van der Waals surface area contributed by atoms with Crippen molar-refractivity contribution in [1.82, 2.24) is 19.1 Å². The lowest BCUT2D eigenvalue weighted by molar-refractivity contribution is 1.10. The summed E-state index contributed by atoms with van der Waals surface area (Å²) in [6.07, 6.45) is 0. The SMILES string of the molecule is Brc1ccc(-c2nc3cc(Br)ccc3n2-c2ccc(Br)cc2)cc1.c1ccc2c(-c3ccc(-c4nc5cc(-c6cccc7ccccc67)ccc5n4-c4ccc(-c5cccc6ccccc56)cc4)cc3)cccc2c1. The van der Waals surface area contributed by atoms with Crippen LogP contribution < -0.4 is 0 Å². The average Bonchev–Trinajstić information content (AvgIpc) is 4.04. The predicted octanol–water partition coefficient (Wildman–Crippen LogP) is 20.1. The van der Waals surface area contributed by atoms with E-state index in [-0.39, 0.29) is 0 Å². The molecule has 0 atom stereocenters. The largest absolute Gasteiger partial charge is 0.292 e. The monoisotopic (exact) mass is 1150 g/mol. The van der Waals surface area contributed by atoms with Crippen molar-refractivity contribution in [3.8, 4) is 67.5 Å². The van der Waals surface area contributed by atoms with Gasteiger partial charge in [0.25, 0.3) is 0 Å². The summed E-state index contributed by atoms with van der Waals surface area (Å²) >= 11 is 10.5. The average molecular weight is 1160 g/mol. The molecule has 0 radical (unpaired) electrons. The first-order valence-electron chi connectivity index (χ1n) is 24.8. The fourth-order valence-corrected chi connectivity index (χ4v) is 11.3. The van der Waals surface area contributed by atoms with E-state index in [0.29, 0.717) is 0 Å². The van der Waals surface area contributed by atoms with Crippen molar-refractivity contribution in [2.24, 2.45) is 0 Å². The summed E-state index contributed by atoms with van der Waals surface area (Å²) < 4.78 is 7.64. The lowest BCUT2D eigenvalue weighted by Crippen LogP contribution is -1.98. The van der Waals surface area contributed by atoms with Crippen molar-refractivity contribution in [3.63, 3.8) is 0 Å². The molecule has 4 nitrogen and oxygen atoms in total. The molecule has 0 aliphatic carbocycles. The van der Waals surface area contributed by atoms with Crippen LogP contribution in [-0.2, 0) is 0 Å². The van der Waals surface area contributed by atoms with Gasteiger partial charge in [0.15, 0.2) is 0 Å². The Morgan fingerprint density at radius 3 is 1.09 bits per heavy atom. The smallest absolute Gasteiger partial charge is 0.145 e. The first-order chi connectivity index (χ1) is 36.9. The van der Waals surface area contributed by atoms with Crippen molar-refractivity contribution in [2.75, 3.05) is 0 Å². The van der Waals surface area contributed by atoms with E-state index < -0.39 is 0 Å². The number of hydrogen-bond acceptors (Lipinski definition) is 2. The second-order valence-corrected chi connectivity index (χ2v) is 21.3. The van der Waals surface area contributed by atoms with Gasteiger partial charge >= 0.3 is 0 Å².